The SMILES string of the molecule is CCCCCCC(CCCC1CCCCC1)CCCC1CCCCC1. The van der Waals surface area contributed by atoms with Crippen LogP contribution < -0.4 is 0 Å². The average molecular weight is 349 g/mol. The lowest BCUT2D eigenvalue weighted by Gasteiger charge is -2.24. The van der Waals surface area contributed by atoms with Crippen molar-refractivity contribution in [1.82, 2.24) is 0 Å². The van der Waals surface area contributed by atoms with E-state index in [9.17, 15) is 0 Å². The second-order valence-corrected chi connectivity index (χ2v) is 9.59. The molecule has 0 bridgehead atoms. The fourth-order valence-corrected chi connectivity index (χ4v) is 5.63. The van der Waals surface area contributed by atoms with E-state index < -0.39 is 0 Å². The van der Waals surface area contributed by atoms with Crippen LogP contribution in [0.4, 0.5) is 0 Å². The van der Waals surface area contributed by atoms with Crippen LogP contribution in [0.2, 0.25) is 0 Å². The molecule has 2 aliphatic carbocycles. The van der Waals surface area contributed by atoms with Gasteiger partial charge in [0.1, 0.15) is 0 Å². The third-order valence-corrected chi connectivity index (χ3v) is 7.36. The molecule has 0 spiro atoms. The van der Waals surface area contributed by atoms with Crippen LogP contribution in [-0.2, 0) is 0 Å². The largest absolute Gasteiger partial charge is 0.0654 e. The van der Waals surface area contributed by atoms with Gasteiger partial charge in [-0.2, -0.15) is 0 Å². The molecule has 25 heavy (non-hydrogen) atoms. The summed E-state index contributed by atoms with van der Waals surface area (Å²) in [6.07, 6.45) is 31.9. The molecule has 2 fully saturated rings. The van der Waals surface area contributed by atoms with Crippen LogP contribution in [-0.4, -0.2) is 0 Å². The highest BCUT2D eigenvalue weighted by Gasteiger charge is 2.16. The molecule has 2 saturated carbocycles. The topological polar surface area (TPSA) is 0 Å². The zero-order valence-corrected chi connectivity index (χ0v) is 17.6. The van der Waals surface area contributed by atoms with Crippen molar-refractivity contribution < 1.29 is 0 Å². The van der Waals surface area contributed by atoms with E-state index in [1.807, 2.05) is 0 Å². The maximum atomic E-state index is 2.34. The third-order valence-electron chi connectivity index (χ3n) is 7.36. The van der Waals surface area contributed by atoms with Crippen LogP contribution in [0.1, 0.15) is 142 Å². The minimum atomic E-state index is 1.06. The Labute approximate surface area is 159 Å². The van der Waals surface area contributed by atoms with Crippen LogP contribution in [0.15, 0.2) is 0 Å². The molecule has 0 heterocycles. The van der Waals surface area contributed by atoms with Gasteiger partial charge < -0.3 is 0 Å². The first kappa shape index (κ1) is 21.3. The van der Waals surface area contributed by atoms with Crippen molar-refractivity contribution in [3.05, 3.63) is 0 Å². The Morgan fingerprint density at radius 2 is 1.04 bits per heavy atom. The molecule has 0 aromatic heterocycles. The lowest BCUT2D eigenvalue weighted by atomic mass is 9.82. The summed E-state index contributed by atoms with van der Waals surface area (Å²) in [6.45, 7) is 2.34. The Bertz CT molecular complexity index is 258. The molecule has 148 valence electrons. The highest BCUT2D eigenvalue weighted by Crippen LogP contribution is 2.32. The van der Waals surface area contributed by atoms with Crippen molar-refractivity contribution >= 4 is 0 Å². The molecule has 0 nitrogen and oxygen atoms in total. The summed E-state index contributed by atoms with van der Waals surface area (Å²) in [5, 5.41) is 0. The smallest absolute Gasteiger partial charge is 0.0414 e. The fraction of sp³-hybridized carbons (Fsp3) is 1.00. The van der Waals surface area contributed by atoms with Crippen molar-refractivity contribution in [1.29, 1.82) is 0 Å². The monoisotopic (exact) mass is 348 g/mol. The van der Waals surface area contributed by atoms with Gasteiger partial charge in [0.2, 0.25) is 0 Å². The zero-order chi connectivity index (χ0) is 17.6. The van der Waals surface area contributed by atoms with Crippen molar-refractivity contribution in [2.45, 2.75) is 142 Å². The van der Waals surface area contributed by atoms with Crippen LogP contribution in [0.3, 0.4) is 0 Å². The van der Waals surface area contributed by atoms with Crippen LogP contribution >= 0.6 is 0 Å². The van der Waals surface area contributed by atoms with E-state index in [0.717, 1.165) is 17.8 Å². The lowest BCUT2D eigenvalue weighted by Crippen LogP contribution is -2.09. The van der Waals surface area contributed by atoms with Gasteiger partial charge in [-0.05, 0) is 17.8 Å². The summed E-state index contributed by atoms with van der Waals surface area (Å²) in [5.41, 5.74) is 0. The summed E-state index contributed by atoms with van der Waals surface area (Å²) in [5.74, 6) is 3.25. The van der Waals surface area contributed by atoms with Crippen LogP contribution in [0.5, 0.6) is 0 Å². The highest BCUT2D eigenvalue weighted by molar-refractivity contribution is 4.70. The van der Waals surface area contributed by atoms with Gasteiger partial charge in [0.15, 0.2) is 0 Å². The van der Waals surface area contributed by atoms with E-state index in [1.165, 1.54) is 83.5 Å². The first-order valence-electron chi connectivity index (χ1n) is 12.4. The molecule has 2 aliphatic rings. The van der Waals surface area contributed by atoms with E-state index >= 15 is 0 Å². The second kappa shape index (κ2) is 14.1. The first-order chi connectivity index (χ1) is 12.4. The number of hydrogen-bond acceptors (Lipinski definition) is 0. The maximum absolute atomic E-state index is 2.34. The fourth-order valence-electron chi connectivity index (χ4n) is 5.63. The summed E-state index contributed by atoms with van der Waals surface area (Å²) in [7, 11) is 0. The summed E-state index contributed by atoms with van der Waals surface area (Å²) in [4.78, 5) is 0. The van der Waals surface area contributed by atoms with Crippen molar-refractivity contribution in [3.63, 3.8) is 0 Å². The number of hydrogen-bond donors (Lipinski definition) is 0. The quantitative estimate of drug-likeness (QED) is 0.291. The van der Waals surface area contributed by atoms with Crippen molar-refractivity contribution in [3.8, 4) is 0 Å². The minimum Gasteiger partial charge on any atom is -0.0654 e. The van der Waals surface area contributed by atoms with Gasteiger partial charge >= 0.3 is 0 Å². The van der Waals surface area contributed by atoms with Gasteiger partial charge in [0, 0.05) is 0 Å². The lowest BCUT2D eigenvalue weighted by molar-refractivity contribution is 0.290. The van der Waals surface area contributed by atoms with E-state index in [1.54, 1.807) is 51.4 Å². The number of unbranched alkanes of at least 4 members (excludes halogenated alkanes) is 3. The molecular weight excluding hydrogens is 300 g/mol. The number of rotatable bonds is 13. The Hall–Kier alpha value is 0. The highest BCUT2D eigenvalue weighted by atomic mass is 14.2. The van der Waals surface area contributed by atoms with Gasteiger partial charge in [0.25, 0.3) is 0 Å². The molecule has 0 saturated heterocycles. The molecule has 0 atom stereocenters. The van der Waals surface area contributed by atoms with Crippen molar-refractivity contribution in [2.75, 3.05) is 0 Å². The Morgan fingerprint density at radius 1 is 0.560 bits per heavy atom. The molecule has 0 N–H and O–H groups in total. The van der Waals surface area contributed by atoms with Gasteiger partial charge in [-0.3, -0.25) is 0 Å². The Morgan fingerprint density at radius 3 is 1.52 bits per heavy atom. The van der Waals surface area contributed by atoms with Crippen LogP contribution in [0.25, 0.3) is 0 Å². The molecule has 0 aromatic carbocycles. The normalized spacial score (nSPS) is 20.4. The van der Waals surface area contributed by atoms with Crippen LogP contribution in [0, 0.1) is 17.8 Å². The van der Waals surface area contributed by atoms with Crippen molar-refractivity contribution in [2.24, 2.45) is 17.8 Å². The summed E-state index contributed by atoms with van der Waals surface area (Å²) < 4.78 is 0. The van der Waals surface area contributed by atoms with Gasteiger partial charge in [-0.25, -0.2) is 0 Å². The Balaban J connectivity index is 1.60. The zero-order valence-electron chi connectivity index (χ0n) is 17.6. The molecule has 0 unspecified atom stereocenters. The minimum absolute atomic E-state index is 1.06. The standard InChI is InChI=1S/C25H48/c1-2-3-4-7-14-25(21-12-19-23-15-8-5-9-16-23)22-13-20-24-17-10-6-11-18-24/h23-25H,2-22H2,1H3. The first-order valence-corrected chi connectivity index (χ1v) is 12.4. The average Bonchev–Trinajstić information content (AvgIpc) is 2.66. The predicted octanol–water partition coefficient (Wildman–Crippen LogP) is 9.07. The molecule has 2 rings (SSSR count). The summed E-state index contributed by atoms with van der Waals surface area (Å²) in [6, 6.07) is 0. The van der Waals surface area contributed by atoms with Gasteiger partial charge in [0.05, 0.1) is 0 Å². The molecule has 0 heteroatoms. The maximum Gasteiger partial charge on any atom is -0.0414 e. The summed E-state index contributed by atoms with van der Waals surface area (Å²) >= 11 is 0. The van der Waals surface area contributed by atoms with E-state index in [0.29, 0.717) is 0 Å². The third kappa shape index (κ3) is 10.0. The molecule has 0 amide bonds. The second-order valence-electron chi connectivity index (χ2n) is 9.59. The predicted molar refractivity (Wildman–Crippen MR) is 113 cm³/mol. The Kier molecular flexibility index (Phi) is 12.0. The van der Waals surface area contributed by atoms with E-state index in [2.05, 4.69) is 6.92 Å². The van der Waals surface area contributed by atoms with Gasteiger partial charge in [-0.1, -0.05) is 142 Å². The van der Waals surface area contributed by atoms with E-state index in [-0.39, 0.29) is 0 Å². The molecule has 0 aliphatic heterocycles. The molecule has 0 radical (unpaired) electrons. The molecule has 0 aromatic rings. The molecular formula is C25H48. The van der Waals surface area contributed by atoms with Gasteiger partial charge in [-0.15, -0.1) is 0 Å². The van der Waals surface area contributed by atoms with E-state index in [4.69, 9.17) is 0 Å².